The second-order valence-electron chi connectivity index (χ2n) is 5.55. The first kappa shape index (κ1) is 12.9. The predicted octanol–water partition coefficient (Wildman–Crippen LogP) is 2.62. The third-order valence-corrected chi connectivity index (χ3v) is 4.30. The third-order valence-electron chi connectivity index (χ3n) is 4.30. The van der Waals surface area contributed by atoms with Crippen LogP contribution in [0.1, 0.15) is 51.9 Å². The molecule has 2 atom stereocenters. The lowest BCUT2D eigenvalue weighted by Gasteiger charge is -2.26. The molecular weight excluding hydrogens is 212 g/mol. The zero-order valence-corrected chi connectivity index (χ0v) is 10.9. The van der Waals surface area contributed by atoms with Gasteiger partial charge in [-0.3, -0.25) is 5.32 Å². The Bertz CT molecular complexity index is 282. The van der Waals surface area contributed by atoms with E-state index in [-0.39, 0.29) is 5.54 Å². The molecule has 2 aliphatic rings. The predicted molar refractivity (Wildman–Crippen MR) is 67.6 cm³/mol. The maximum Gasteiger partial charge on any atom is 0.109 e. The van der Waals surface area contributed by atoms with Gasteiger partial charge in [0.15, 0.2) is 0 Å². The van der Waals surface area contributed by atoms with Crippen molar-refractivity contribution in [3.05, 3.63) is 0 Å². The minimum Gasteiger partial charge on any atom is -0.378 e. The molecule has 0 spiro atoms. The smallest absolute Gasteiger partial charge is 0.109 e. The summed E-state index contributed by atoms with van der Waals surface area (Å²) in [5.74, 6) is 0.922. The Kier molecular flexibility index (Phi) is 4.42. The molecule has 2 saturated carbocycles. The fourth-order valence-corrected chi connectivity index (χ4v) is 2.97. The number of ether oxygens (including phenoxy) is 1. The molecule has 2 fully saturated rings. The molecular formula is C14H24N2O. The van der Waals surface area contributed by atoms with E-state index in [2.05, 4.69) is 18.3 Å². The van der Waals surface area contributed by atoms with Crippen molar-refractivity contribution in [3.8, 4) is 6.07 Å². The van der Waals surface area contributed by atoms with Crippen LogP contribution in [-0.2, 0) is 4.74 Å². The van der Waals surface area contributed by atoms with Crippen LogP contribution in [0.2, 0.25) is 0 Å². The van der Waals surface area contributed by atoms with Crippen molar-refractivity contribution in [2.45, 2.75) is 63.5 Å². The van der Waals surface area contributed by atoms with E-state index >= 15 is 0 Å². The van der Waals surface area contributed by atoms with E-state index in [1.807, 2.05) is 0 Å². The van der Waals surface area contributed by atoms with Gasteiger partial charge in [0.05, 0.1) is 12.2 Å². The summed E-state index contributed by atoms with van der Waals surface area (Å²) in [4.78, 5) is 0. The second-order valence-corrected chi connectivity index (χ2v) is 5.55. The largest absolute Gasteiger partial charge is 0.378 e. The molecule has 0 saturated heterocycles. The number of nitriles is 1. The van der Waals surface area contributed by atoms with Crippen LogP contribution in [0.25, 0.3) is 0 Å². The van der Waals surface area contributed by atoms with Crippen LogP contribution in [-0.4, -0.2) is 24.8 Å². The van der Waals surface area contributed by atoms with E-state index in [4.69, 9.17) is 4.74 Å². The molecule has 0 aromatic rings. The zero-order valence-electron chi connectivity index (χ0n) is 10.9. The molecule has 0 radical (unpaired) electrons. The molecule has 17 heavy (non-hydrogen) atoms. The van der Waals surface area contributed by atoms with Crippen LogP contribution in [0.5, 0.6) is 0 Å². The summed E-state index contributed by atoms with van der Waals surface area (Å²) in [5, 5.41) is 12.6. The van der Waals surface area contributed by atoms with Gasteiger partial charge in [-0.1, -0.05) is 26.2 Å². The van der Waals surface area contributed by atoms with Gasteiger partial charge in [0.1, 0.15) is 5.54 Å². The Morgan fingerprint density at radius 3 is 2.82 bits per heavy atom. The minimum atomic E-state index is -0.310. The lowest BCUT2D eigenvalue weighted by atomic mass is 9.83. The molecule has 0 aromatic carbocycles. The van der Waals surface area contributed by atoms with E-state index < -0.39 is 0 Å². The van der Waals surface area contributed by atoms with Crippen LogP contribution < -0.4 is 5.32 Å². The SMILES string of the molecule is CCNC1(C#N)CCC(OCCC2CCC2)C1. The van der Waals surface area contributed by atoms with E-state index in [0.29, 0.717) is 6.10 Å². The normalized spacial score (nSPS) is 33.3. The minimum absolute atomic E-state index is 0.300. The number of rotatable bonds is 6. The topological polar surface area (TPSA) is 45.0 Å². The molecule has 96 valence electrons. The maximum atomic E-state index is 9.26. The Morgan fingerprint density at radius 1 is 1.41 bits per heavy atom. The molecule has 2 unspecified atom stereocenters. The number of hydrogen-bond donors (Lipinski definition) is 1. The number of nitrogens with one attached hydrogen (secondary N) is 1. The van der Waals surface area contributed by atoms with Crippen LogP contribution in [0, 0.1) is 17.2 Å². The van der Waals surface area contributed by atoms with E-state index in [1.54, 1.807) is 0 Å². The highest BCUT2D eigenvalue weighted by molar-refractivity contribution is 5.12. The van der Waals surface area contributed by atoms with Crippen LogP contribution in [0.3, 0.4) is 0 Å². The van der Waals surface area contributed by atoms with Gasteiger partial charge in [-0.05, 0) is 31.7 Å². The summed E-state index contributed by atoms with van der Waals surface area (Å²) >= 11 is 0. The average Bonchev–Trinajstić information content (AvgIpc) is 2.67. The number of hydrogen-bond acceptors (Lipinski definition) is 3. The Labute approximate surface area is 105 Å². The highest BCUT2D eigenvalue weighted by atomic mass is 16.5. The molecule has 1 N–H and O–H groups in total. The third kappa shape index (κ3) is 3.20. The van der Waals surface area contributed by atoms with Gasteiger partial charge < -0.3 is 4.74 Å². The fourth-order valence-electron chi connectivity index (χ4n) is 2.97. The van der Waals surface area contributed by atoms with Gasteiger partial charge >= 0.3 is 0 Å². The summed E-state index contributed by atoms with van der Waals surface area (Å²) in [7, 11) is 0. The van der Waals surface area contributed by atoms with Gasteiger partial charge in [0.2, 0.25) is 0 Å². The van der Waals surface area contributed by atoms with Crippen molar-refractivity contribution in [1.82, 2.24) is 5.32 Å². The molecule has 0 aliphatic heterocycles. The Morgan fingerprint density at radius 2 is 2.24 bits per heavy atom. The monoisotopic (exact) mass is 236 g/mol. The first-order valence-corrected chi connectivity index (χ1v) is 7.06. The Balaban J connectivity index is 1.67. The standard InChI is InChI=1S/C14H24N2O/c1-2-16-14(11-15)8-6-13(10-14)17-9-7-12-4-3-5-12/h12-13,16H,2-10H2,1H3. The van der Waals surface area contributed by atoms with E-state index in [1.165, 1.54) is 25.7 Å². The van der Waals surface area contributed by atoms with Gasteiger partial charge in [-0.2, -0.15) is 5.26 Å². The van der Waals surface area contributed by atoms with Crippen LogP contribution in [0.4, 0.5) is 0 Å². The quantitative estimate of drug-likeness (QED) is 0.771. The van der Waals surface area contributed by atoms with Crippen LogP contribution >= 0.6 is 0 Å². The van der Waals surface area contributed by atoms with Crippen molar-refractivity contribution >= 4 is 0 Å². The van der Waals surface area contributed by atoms with Crippen molar-refractivity contribution in [2.75, 3.05) is 13.2 Å². The molecule has 0 heterocycles. The van der Waals surface area contributed by atoms with Crippen LogP contribution in [0.15, 0.2) is 0 Å². The van der Waals surface area contributed by atoms with Gasteiger partial charge in [0, 0.05) is 13.0 Å². The second kappa shape index (κ2) is 5.84. The summed E-state index contributed by atoms with van der Waals surface area (Å²) in [6.07, 6.45) is 8.55. The zero-order chi connectivity index (χ0) is 12.1. The summed E-state index contributed by atoms with van der Waals surface area (Å²) in [5.41, 5.74) is -0.310. The number of nitrogens with zero attached hydrogens (tertiary/aromatic N) is 1. The lowest BCUT2D eigenvalue weighted by molar-refractivity contribution is 0.0394. The van der Waals surface area contributed by atoms with E-state index in [0.717, 1.165) is 38.3 Å². The lowest BCUT2D eigenvalue weighted by Crippen LogP contribution is -2.41. The molecule has 0 bridgehead atoms. The summed E-state index contributed by atoms with van der Waals surface area (Å²) < 4.78 is 5.92. The summed E-state index contributed by atoms with van der Waals surface area (Å²) in [6.45, 7) is 3.81. The van der Waals surface area contributed by atoms with Crippen molar-refractivity contribution in [1.29, 1.82) is 5.26 Å². The molecule has 3 nitrogen and oxygen atoms in total. The summed E-state index contributed by atoms with van der Waals surface area (Å²) in [6, 6.07) is 2.44. The molecule has 3 heteroatoms. The highest BCUT2D eigenvalue weighted by Crippen LogP contribution is 2.33. The fraction of sp³-hybridized carbons (Fsp3) is 0.929. The Hall–Kier alpha value is -0.590. The van der Waals surface area contributed by atoms with Crippen molar-refractivity contribution < 1.29 is 4.74 Å². The van der Waals surface area contributed by atoms with Crippen molar-refractivity contribution in [2.24, 2.45) is 5.92 Å². The molecule has 2 rings (SSSR count). The van der Waals surface area contributed by atoms with Crippen molar-refractivity contribution in [3.63, 3.8) is 0 Å². The molecule has 0 amide bonds. The maximum absolute atomic E-state index is 9.26. The van der Waals surface area contributed by atoms with Gasteiger partial charge in [-0.15, -0.1) is 0 Å². The molecule has 0 aromatic heterocycles. The average molecular weight is 236 g/mol. The van der Waals surface area contributed by atoms with E-state index in [9.17, 15) is 5.26 Å². The van der Waals surface area contributed by atoms with Gasteiger partial charge in [-0.25, -0.2) is 0 Å². The highest BCUT2D eigenvalue weighted by Gasteiger charge is 2.39. The molecule has 2 aliphatic carbocycles. The first-order valence-electron chi connectivity index (χ1n) is 7.06. The van der Waals surface area contributed by atoms with Gasteiger partial charge in [0.25, 0.3) is 0 Å². The first-order chi connectivity index (χ1) is 8.28.